The SMILES string of the molecule is C[C@H]1c2nnc(COc3cccnc3)n2CCN1C1CCOCC1. The lowest BCUT2D eigenvalue weighted by Gasteiger charge is -2.41. The van der Waals surface area contributed by atoms with Gasteiger partial charge in [0.25, 0.3) is 0 Å². The predicted octanol–water partition coefficient (Wildman–Crippen LogP) is 1.81. The van der Waals surface area contributed by atoms with Crippen LogP contribution in [0.5, 0.6) is 5.75 Å². The molecule has 2 aliphatic heterocycles. The first-order valence-electron chi connectivity index (χ1n) is 8.61. The second-order valence-corrected chi connectivity index (χ2v) is 6.36. The van der Waals surface area contributed by atoms with Crippen molar-refractivity contribution in [3.8, 4) is 5.75 Å². The van der Waals surface area contributed by atoms with E-state index in [1.54, 1.807) is 12.4 Å². The van der Waals surface area contributed by atoms with Crippen molar-refractivity contribution in [2.24, 2.45) is 0 Å². The lowest BCUT2D eigenvalue weighted by atomic mass is 10.0. The van der Waals surface area contributed by atoms with Crippen molar-refractivity contribution >= 4 is 0 Å². The van der Waals surface area contributed by atoms with E-state index < -0.39 is 0 Å². The molecule has 0 radical (unpaired) electrons. The van der Waals surface area contributed by atoms with Crippen LogP contribution >= 0.6 is 0 Å². The molecule has 7 nitrogen and oxygen atoms in total. The number of hydrogen-bond donors (Lipinski definition) is 0. The molecule has 128 valence electrons. The van der Waals surface area contributed by atoms with Gasteiger partial charge in [0.2, 0.25) is 0 Å². The van der Waals surface area contributed by atoms with E-state index in [9.17, 15) is 0 Å². The Morgan fingerprint density at radius 2 is 2.12 bits per heavy atom. The van der Waals surface area contributed by atoms with E-state index in [0.717, 1.165) is 56.5 Å². The van der Waals surface area contributed by atoms with Gasteiger partial charge in [-0.1, -0.05) is 0 Å². The number of hydrogen-bond acceptors (Lipinski definition) is 6. The van der Waals surface area contributed by atoms with Crippen molar-refractivity contribution in [3.63, 3.8) is 0 Å². The molecule has 0 aliphatic carbocycles. The summed E-state index contributed by atoms with van der Waals surface area (Å²) in [6, 6.07) is 4.63. The van der Waals surface area contributed by atoms with Crippen molar-refractivity contribution in [1.82, 2.24) is 24.6 Å². The molecule has 0 saturated carbocycles. The van der Waals surface area contributed by atoms with Crippen LogP contribution in [0.1, 0.15) is 37.5 Å². The van der Waals surface area contributed by atoms with Crippen molar-refractivity contribution in [1.29, 1.82) is 0 Å². The zero-order valence-corrected chi connectivity index (χ0v) is 14.0. The fourth-order valence-corrected chi connectivity index (χ4v) is 3.66. The summed E-state index contributed by atoms with van der Waals surface area (Å²) in [5.74, 6) is 2.67. The number of fused-ring (bicyclic) bond motifs is 1. The van der Waals surface area contributed by atoms with Gasteiger partial charge in [-0.25, -0.2) is 0 Å². The van der Waals surface area contributed by atoms with Gasteiger partial charge < -0.3 is 14.0 Å². The molecule has 4 heterocycles. The maximum atomic E-state index is 5.78. The molecule has 0 aromatic carbocycles. The molecule has 1 atom stereocenters. The molecule has 2 aliphatic rings. The largest absolute Gasteiger partial charge is 0.484 e. The molecular formula is C17H23N5O2. The zero-order chi connectivity index (χ0) is 16.4. The van der Waals surface area contributed by atoms with Gasteiger partial charge in [-0.2, -0.15) is 0 Å². The quantitative estimate of drug-likeness (QED) is 0.852. The van der Waals surface area contributed by atoms with Crippen LogP contribution in [0, 0.1) is 0 Å². The van der Waals surface area contributed by atoms with Gasteiger partial charge in [0.15, 0.2) is 5.82 Å². The maximum Gasteiger partial charge on any atom is 0.171 e. The van der Waals surface area contributed by atoms with E-state index in [-0.39, 0.29) is 6.04 Å². The number of rotatable bonds is 4. The Bertz CT molecular complexity index is 669. The molecule has 2 aromatic rings. The van der Waals surface area contributed by atoms with Crippen LogP contribution in [-0.2, 0) is 17.9 Å². The highest BCUT2D eigenvalue weighted by Crippen LogP contribution is 2.29. The van der Waals surface area contributed by atoms with Gasteiger partial charge in [0.1, 0.15) is 18.2 Å². The van der Waals surface area contributed by atoms with Crippen molar-refractivity contribution < 1.29 is 9.47 Å². The molecule has 1 saturated heterocycles. The van der Waals surface area contributed by atoms with Crippen molar-refractivity contribution in [2.45, 2.75) is 45.0 Å². The van der Waals surface area contributed by atoms with Crippen LogP contribution in [0.25, 0.3) is 0 Å². The molecule has 0 spiro atoms. The monoisotopic (exact) mass is 329 g/mol. The lowest BCUT2D eigenvalue weighted by Crippen LogP contribution is -2.46. The Morgan fingerprint density at radius 3 is 2.92 bits per heavy atom. The van der Waals surface area contributed by atoms with Gasteiger partial charge in [0, 0.05) is 38.5 Å². The third-order valence-electron chi connectivity index (χ3n) is 4.97. The third kappa shape index (κ3) is 3.01. The van der Waals surface area contributed by atoms with E-state index in [4.69, 9.17) is 9.47 Å². The molecule has 0 bridgehead atoms. The maximum absolute atomic E-state index is 5.78. The molecule has 7 heteroatoms. The number of nitrogens with zero attached hydrogens (tertiary/aromatic N) is 5. The average molecular weight is 329 g/mol. The number of ether oxygens (including phenoxy) is 2. The van der Waals surface area contributed by atoms with Crippen LogP contribution < -0.4 is 4.74 Å². The van der Waals surface area contributed by atoms with E-state index in [1.807, 2.05) is 12.1 Å². The highest BCUT2D eigenvalue weighted by molar-refractivity contribution is 5.16. The average Bonchev–Trinajstić information content (AvgIpc) is 3.06. The Morgan fingerprint density at radius 1 is 1.25 bits per heavy atom. The Kier molecular flexibility index (Phi) is 4.44. The zero-order valence-electron chi connectivity index (χ0n) is 14.0. The molecule has 4 rings (SSSR count). The van der Waals surface area contributed by atoms with Crippen LogP contribution in [0.3, 0.4) is 0 Å². The second kappa shape index (κ2) is 6.86. The summed E-state index contributed by atoms with van der Waals surface area (Å²) in [6.45, 7) is 6.31. The van der Waals surface area contributed by atoms with Gasteiger partial charge in [-0.15, -0.1) is 10.2 Å². The minimum absolute atomic E-state index is 0.279. The van der Waals surface area contributed by atoms with Crippen molar-refractivity contribution in [2.75, 3.05) is 19.8 Å². The minimum atomic E-state index is 0.279. The number of aromatic nitrogens is 4. The van der Waals surface area contributed by atoms with Crippen LogP contribution in [0.2, 0.25) is 0 Å². The van der Waals surface area contributed by atoms with E-state index in [2.05, 4.69) is 31.6 Å². The van der Waals surface area contributed by atoms with Crippen LogP contribution in [0.4, 0.5) is 0 Å². The summed E-state index contributed by atoms with van der Waals surface area (Å²) in [7, 11) is 0. The summed E-state index contributed by atoms with van der Waals surface area (Å²) in [5, 5.41) is 8.80. The summed E-state index contributed by atoms with van der Waals surface area (Å²) in [4.78, 5) is 6.61. The van der Waals surface area contributed by atoms with Gasteiger partial charge in [-0.3, -0.25) is 9.88 Å². The Balaban J connectivity index is 1.46. The summed E-state index contributed by atoms with van der Waals surface area (Å²) >= 11 is 0. The molecule has 24 heavy (non-hydrogen) atoms. The first-order chi connectivity index (χ1) is 11.8. The number of pyridine rings is 1. The summed E-state index contributed by atoms with van der Waals surface area (Å²) in [5.41, 5.74) is 0. The smallest absolute Gasteiger partial charge is 0.171 e. The Labute approximate surface area is 141 Å². The first-order valence-corrected chi connectivity index (χ1v) is 8.61. The standard InChI is InChI=1S/C17H23N5O2/c1-13-17-20-19-16(12-24-15-3-2-6-18-11-15)22(17)8-7-21(13)14-4-9-23-10-5-14/h2-3,6,11,13-14H,4-5,7-10,12H2,1H3/t13-/m0/s1. The van der Waals surface area contributed by atoms with Crippen LogP contribution in [-0.4, -0.2) is 50.4 Å². The van der Waals surface area contributed by atoms with Gasteiger partial charge in [0.05, 0.1) is 12.2 Å². The molecular weight excluding hydrogens is 306 g/mol. The van der Waals surface area contributed by atoms with E-state index in [0.29, 0.717) is 12.6 Å². The fourth-order valence-electron chi connectivity index (χ4n) is 3.66. The van der Waals surface area contributed by atoms with Gasteiger partial charge in [-0.05, 0) is 31.9 Å². The topological polar surface area (TPSA) is 65.3 Å². The summed E-state index contributed by atoms with van der Waals surface area (Å²) < 4.78 is 13.5. The fraction of sp³-hybridized carbons (Fsp3) is 0.588. The molecule has 0 N–H and O–H groups in total. The third-order valence-corrected chi connectivity index (χ3v) is 4.97. The minimum Gasteiger partial charge on any atom is -0.484 e. The molecule has 2 aromatic heterocycles. The van der Waals surface area contributed by atoms with E-state index >= 15 is 0 Å². The first kappa shape index (κ1) is 15.5. The normalized spacial score (nSPS) is 22.3. The van der Waals surface area contributed by atoms with E-state index in [1.165, 1.54) is 0 Å². The van der Waals surface area contributed by atoms with Gasteiger partial charge >= 0.3 is 0 Å². The molecule has 0 amide bonds. The predicted molar refractivity (Wildman–Crippen MR) is 87.6 cm³/mol. The molecule has 0 unspecified atom stereocenters. The second-order valence-electron chi connectivity index (χ2n) is 6.36. The lowest BCUT2D eigenvalue weighted by molar-refractivity contribution is 0.00852. The summed E-state index contributed by atoms with van der Waals surface area (Å²) in [6.07, 6.45) is 5.66. The highest BCUT2D eigenvalue weighted by atomic mass is 16.5. The Hall–Kier alpha value is -1.99. The molecule has 1 fully saturated rings. The highest BCUT2D eigenvalue weighted by Gasteiger charge is 2.33. The van der Waals surface area contributed by atoms with Crippen molar-refractivity contribution in [3.05, 3.63) is 36.2 Å². The van der Waals surface area contributed by atoms with Crippen LogP contribution in [0.15, 0.2) is 24.5 Å².